The van der Waals surface area contributed by atoms with E-state index in [-0.39, 0.29) is 5.91 Å². The lowest BCUT2D eigenvalue weighted by molar-refractivity contribution is 0.0978. The van der Waals surface area contributed by atoms with E-state index >= 15 is 0 Å². The molecule has 19 heavy (non-hydrogen) atoms. The van der Waals surface area contributed by atoms with Crippen LogP contribution in [0, 0.1) is 0 Å². The van der Waals surface area contributed by atoms with E-state index in [9.17, 15) is 9.59 Å². The lowest BCUT2D eigenvalue weighted by Gasteiger charge is -1.98. The highest BCUT2D eigenvalue weighted by Crippen LogP contribution is 2.00. The molecule has 2 aromatic rings. The van der Waals surface area contributed by atoms with Crippen molar-refractivity contribution in [3.8, 4) is 0 Å². The molecule has 0 saturated carbocycles. The first-order chi connectivity index (χ1) is 9.27. The molecule has 0 aromatic heterocycles. The molecule has 0 unspecified atom stereocenters. The Balaban J connectivity index is 1.94. The van der Waals surface area contributed by atoms with E-state index in [1.54, 1.807) is 48.5 Å². The highest BCUT2D eigenvalue weighted by molar-refractivity contribution is 6.04. The number of aliphatic imine (C=N–C) groups is 1. The van der Waals surface area contributed by atoms with E-state index in [2.05, 4.69) is 10.3 Å². The molecule has 0 bridgehead atoms. The van der Waals surface area contributed by atoms with Crippen LogP contribution in [0.4, 0.5) is 0 Å². The average molecular weight is 252 g/mol. The van der Waals surface area contributed by atoms with Crippen LogP contribution < -0.4 is 5.32 Å². The minimum absolute atomic E-state index is 0.301. The van der Waals surface area contributed by atoms with Gasteiger partial charge in [0.25, 0.3) is 11.8 Å². The Kier molecular flexibility index (Phi) is 4.18. The van der Waals surface area contributed by atoms with Crippen molar-refractivity contribution < 1.29 is 9.59 Å². The Bertz CT molecular complexity index is 592. The summed E-state index contributed by atoms with van der Waals surface area (Å²) >= 11 is 0. The van der Waals surface area contributed by atoms with Gasteiger partial charge in [0.15, 0.2) is 0 Å². The van der Waals surface area contributed by atoms with E-state index in [0.717, 1.165) is 6.34 Å². The van der Waals surface area contributed by atoms with Crippen LogP contribution in [0.2, 0.25) is 0 Å². The molecule has 2 aromatic carbocycles. The molecule has 1 N–H and O–H groups in total. The monoisotopic (exact) mass is 252 g/mol. The maximum absolute atomic E-state index is 11.6. The summed E-state index contributed by atoms with van der Waals surface area (Å²) in [5.74, 6) is -0.695. The van der Waals surface area contributed by atoms with E-state index in [0.29, 0.717) is 11.1 Å². The molecule has 4 heteroatoms. The number of rotatable bonds is 3. The predicted octanol–water partition coefficient (Wildman–Crippen LogP) is 2.29. The van der Waals surface area contributed by atoms with Crippen molar-refractivity contribution in [2.45, 2.75) is 0 Å². The van der Waals surface area contributed by atoms with Crippen molar-refractivity contribution in [1.29, 1.82) is 0 Å². The zero-order chi connectivity index (χ0) is 13.5. The molecule has 2 amide bonds. The van der Waals surface area contributed by atoms with Gasteiger partial charge in [0, 0.05) is 11.1 Å². The zero-order valence-electron chi connectivity index (χ0n) is 10.1. The van der Waals surface area contributed by atoms with Crippen LogP contribution in [0.25, 0.3) is 0 Å². The normalized spacial score (nSPS) is 10.3. The molecule has 0 fully saturated rings. The first-order valence-electron chi connectivity index (χ1n) is 5.75. The van der Waals surface area contributed by atoms with Gasteiger partial charge in [-0.2, -0.15) is 4.99 Å². The summed E-state index contributed by atoms with van der Waals surface area (Å²) in [6, 6.07) is 17.4. The quantitative estimate of drug-likeness (QED) is 0.673. The van der Waals surface area contributed by atoms with Crippen molar-refractivity contribution in [3.63, 3.8) is 0 Å². The first kappa shape index (κ1) is 12.7. The number of carbonyl (C=O) groups is 2. The van der Waals surface area contributed by atoms with Crippen LogP contribution in [0.15, 0.2) is 65.7 Å². The van der Waals surface area contributed by atoms with Crippen molar-refractivity contribution in [2.24, 2.45) is 4.99 Å². The largest absolute Gasteiger partial charge is 0.313 e. The summed E-state index contributed by atoms with van der Waals surface area (Å²) in [7, 11) is 0. The third kappa shape index (κ3) is 3.61. The summed E-state index contributed by atoms with van der Waals surface area (Å²) in [6.45, 7) is 0. The van der Waals surface area contributed by atoms with Gasteiger partial charge < -0.3 is 5.32 Å². The van der Waals surface area contributed by atoms with Gasteiger partial charge in [-0.25, -0.2) is 0 Å². The SMILES string of the molecule is O=C(N=CNC(=O)c1ccccc1)c1ccccc1. The van der Waals surface area contributed by atoms with Crippen LogP contribution in [-0.2, 0) is 0 Å². The van der Waals surface area contributed by atoms with Crippen molar-refractivity contribution in [3.05, 3.63) is 71.8 Å². The molecule has 0 saturated heterocycles. The van der Waals surface area contributed by atoms with Gasteiger partial charge >= 0.3 is 0 Å². The fourth-order valence-electron chi connectivity index (χ4n) is 1.48. The molecule has 4 nitrogen and oxygen atoms in total. The third-order valence-electron chi connectivity index (χ3n) is 2.43. The van der Waals surface area contributed by atoms with E-state index in [4.69, 9.17) is 0 Å². The smallest absolute Gasteiger partial charge is 0.278 e. The van der Waals surface area contributed by atoms with Crippen molar-refractivity contribution in [2.75, 3.05) is 0 Å². The number of hydrogen-bond acceptors (Lipinski definition) is 2. The van der Waals surface area contributed by atoms with E-state index in [1.165, 1.54) is 0 Å². The third-order valence-corrected chi connectivity index (χ3v) is 2.43. The predicted molar refractivity (Wildman–Crippen MR) is 73.2 cm³/mol. The molecule has 0 atom stereocenters. The van der Waals surface area contributed by atoms with E-state index < -0.39 is 5.91 Å². The van der Waals surface area contributed by atoms with Gasteiger partial charge in [0.2, 0.25) is 0 Å². The number of benzene rings is 2. The topological polar surface area (TPSA) is 58.5 Å². The maximum atomic E-state index is 11.6. The van der Waals surface area contributed by atoms with Gasteiger partial charge in [-0.15, -0.1) is 0 Å². The van der Waals surface area contributed by atoms with Gasteiger partial charge in [-0.05, 0) is 24.3 Å². The lowest BCUT2D eigenvalue weighted by atomic mass is 10.2. The molecule has 0 aliphatic carbocycles. The van der Waals surface area contributed by atoms with Gasteiger partial charge in [-0.3, -0.25) is 9.59 Å². The van der Waals surface area contributed by atoms with Crippen LogP contribution in [-0.4, -0.2) is 18.2 Å². The second-order valence-electron chi connectivity index (χ2n) is 3.77. The van der Waals surface area contributed by atoms with Crippen molar-refractivity contribution >= 4 is 18.2 Å². The standard InChI is InChI=1S/C15H12N2O2/c18-14(12-7-3-1-4-8-12)16-11-17-15(19)13-9-5-2-6-10-13/h1-11H,(H,16,17,18,19). The summed E-state index contributed by atoms with van der Waals surface area (Å²) in [5.41, 5.74) is 0.994. The number of nitrogens with zero attached hydrogens (tertiary/aromatic N) is 1. The number of nitrogens with one attached hydrogen (secondary N) is 1. The number of carbonyl (C=O) groups excluding carboxylic acids is 2. The molecule has 0 aliphatic rings. The fourth-order valence-corrected chi connectivity index (χ4v) is 1.48. The van der Waals surface area contributed by atoms with Gasteiger partial charge in [-0.1, -0.05) is 36.4 Å². The molecule has 0 spiro atoms. The fraction of sp³-hybridized carbons (Fsp3) is 0. The molecular formula is C15H12N2O2. The minimum Gasteiger partial charge on any atom is -0.313 e. The summed E-state index contributed by atoms with van der Waals surface area (Å²) in [6.07, 6.45) is 1.12. The Morgan fingerprint density at radius 1 is 0.842 bits per heavy atom. The van der Waals surface area contributed by atoms with Gasteiger partial charge in [0.05, 0.1) is 6.34 Å². The van der Waals surface area contributed by atoms with E-state index in [1.807, 2.05) is 12.1 Å². The molecule has 2 rings (SSSR count). The van der Waals surface area contributed by atoms with Crippen LogP contribution in [0.1, 0.15) is 20.7 Å². The average Bonchev–Trinajstić information content (AvgIpc) is 2.49. The van der Waals surface area contributed by atoms with Crippen molar-refractivity contribution in [1.82, 2.24) is 5.32 Å². The zero-order valence-corrected chi connectivity index (χ0v) is 10.1. The molecule has 0 radical (unpaired) electrons. The van der Waals surface area contributed by atoms with Crippen LogP contribution >= 0.6 is 0 Å². The summed E-state index contributed by atoms with van der Waals surface area (Å²) < 4.78 is 0. The highest BCUT2D eigenvalue weighted by atomic mass is 16.2. The lowest BCUT2D eigenvalue weighted by Crippen LogP contribution is -2.22. The van der Waals surface area contributed by atoms with Gasteiger partial charge in [0.1, 0.15) is 0 Å². The summed E-state index contributed by atoms with van der Waals surface area (Å²) in [4.78, 5) is 26.9. The molecular weight excluding hydrogens is 240 g/mol. The maximum Gasteiger partial charge on any atom is 0.278 e. The molecule has 0 heterocycles. The number of amides is 2. The van der Waals surface area contributed by atoms with Crippen LogP contribution in [0.5, 0.6) is 0 Å². The Labute approximate surface area is 110 Å². The number of hydrogen-bond donors (Lipinski definition) is 1. The molecule has 94 valence electrons. The highest BCUT2D eigenvalue weighted by Gasteiger charge is 2.03. The summed E-state index contributed by atoms with van der Waals surface area (Å²) in [5, 5.41) is 2.45. The first-order valence-corrected chi connectivity index (χ1v) is 5.75. The van der Waals surface area contributed by atoms with Crippen LogP contribution in [0.3, 0.4) is 0 Å². The Morgan fingerprint density at radius 2 is 1.37 bits per heavy atom. The second-order valence-corrected chi connectivity index (χ2v) is 3.77. The second kappa shape index (κ2) is 6.26. The molecule has 0 aliphatic heterocycles. The Morgan fingerprint density at radius 3 is 1.95 bits per heavy atom. The minimum atomic E-state index is -0.394. The Hall–Kier alpha value is -2.75.